The van der Waals surface area contributed by atoms with E-state index in [1.165, 1.54) is 6.07 Å². The number of nitrogens with zero attached hydrogens (tertiary/aromatic N) is 6. The largest absolute Gasteiger partial charge is 0.309 e. The molecule has 1 saturated carbocycles. The summed E-state index contributed by atoms with van der Waals surface area (Å²) in [6.07, 6.45) is 6.87. The van der Waals surface area contributed by atoms with Gasteiger partial charge in [-0.25, -0.2) is 14.4 Å². The first-order chi connectivity index (χ1) is 16.5. The Kier molecular flexibility index (Phi) is 4.79. The van der Waals surface area contributed by atoms with Gasteiger partial charge in [0.25, 0.3) is 5.91 Å². The van der Waals surface area contributed by atoms with E-state index in [9.17, 15) is 9.18 Å². The van der Waals surface area contributed by atoms with Gasteiger partial charge in [0.2, 0.25) is 0 Å². The predicted octanol–water partition coefficient (Wildman–Crippen LogP) is 4.30. The summed E-state index contributed by atoms with van der Waals surface area (Å²) in [6, 6.07) is 8.24. The van der Waals surface area contributed by atoms with E-state index in [0.717, 1.165) is 48.6 Å². The van der Waals surface area contributed by atoms with Crippen LogP contribution in [-0.4, -0.2) is 35.2 Å². The minimum Gasteiger partial charge on any atom is -0.309 e. The van der Waals surface area contributed by atoms with E-state index >= 15 is 0 Å². The second kappa shape index (κ2) is 7.86. The molecule has 9 heteroatoms. The molecule has 1 fully saturated rings. The van der Waals surface area contributed by atoms with Crippen LogP contribution in [0.15, 0.2) is 42.9 Å². The lowest BCUT2D eigenvalue weighted by molar-refractivity contribution is 0.102. The average Bonchev–Trinajstić information content (AvgIpc) is 3.23. The van der Waals surface area contributed by atoms with Crippen molar-refractivity contribution < 1.29 is 9.18 Å². The molecule has 0 unspecified atom stereocenters. The summed E-state index contributed by atoms with van der Waals surface area (Å²) >= 11 is 0. The molecule has 0 bridgehead atoms. The predicted molar refractivity (Wildman–Crippen MR) is 124 cm³/mol. The Bertz CT molecular complexity index is 1420. The number of carbonyl (C=O) groups excluding carboxylic acids is 1. The van der Waals surface area contributed by atoms with Crippen LogP contribution in [0.25, 0.3) is 17.2 Å². The Morgan fingerprint density at radius 2 is 2.06 bits per heavy atom. The fourth-order valence-corrected chi connectivity index (χ4v) is 4.54. The lowest BCUT2D eigenvalue weighted by atomic mass is 10.1. The molecular weight excluding hydrogens is 433 g/mol. The number of aryl methyl sites for hydroxylation is 1. The van der Waals surface area contributed by atoms with Gasteiger partial charge in [0.15, 0.2) is 5.82 Å². The van der Waals surface area contributed by atoms with E-state index in [-0.39, 0.29) is 5.56 Å². The smallest absolute Gasteiger partial charge is 0.259 e. The summed E-state index contributed by atoms with van der Waals surface area (Å²) in [5, 5.41) is 11.3. The minimum absolute atomic E-state index is 0.0494. The molecule has 1 N–H and O–H groups in total. The zero-order valence-corrected chi connectivity index (χ0v) is 19.0. The Balaban J connectivity index is 1.27. The van der Waals surface area contributed by atoms with Crippen LogP contribution in [0, 0.1) is 18.7 Å². The second-order valence-electron chi connectivity index (χ2n) is 9.32. The van der Waals surface area contributed by atoms with Crippen LogP contribution in [0.3, 0.4) is 0 Å². The Morgan fingerprint density at radius 1 is 1.21 bits per heavy atom. The van der Waals surface area contributed by atoms with Gasteiger partial charge < -0.3 is 14.5 Å². The van der Waals surface area contributed by atoms with E-state index in [4.69, 9.17) is 0 Å². The van der Waals surface area contributed by atoms with Crippen LogP contribution in [0.1, 0.15) is 53.1 Å². The number of hydrogen-bond acceptors (Lipinski definition) is 5. The Morgan fingerprint density at radius 3 is 2.88 bits per heavy atom. The first kappa shape index (κ1) is 20.7. The van der Waals surface area contributed by atoms with Crippen LogP contribution < -0.4 is 5.32 Å². The van der Waals surface area contributed by atoms with E-state index in [1.54, 1.807) is 24.5 Å². The van der Waals surface area contributed by atoms with Gasteiger partial charge in [-0.05, 0) is 55.5 Å². The molecule has 0 saturated heterocycles. The van der Waals surface area contributed by atoms with Gasteiger partial charge in [-0.15, -0.1) is 10.2 Å². The number of carbonyl (C=O) groups is 1. The van der Waals surface area contributed by atoms with Crippen LogP contribution >= 0.6 is 0 Å². The van der Waals surface area contributed by atoms with E-state index in [2.05, 4.69) is 37.0 Å². The summed E-state index contributed by atoms with van der Waals surface area (Å²) in [5.41, 5.74) is 3.04. The molecule has 1 atom stereocenters. The van der Waals surface area contributed by atoms with Crippen molar-refractivity contribution in [2.24, 2.45) is 5.92 Å². The summed E-state index contributed by atoms with van der Waals surface area (Å²) in [6.45, 7) is 4.83. The number of halogens is 1. The van der Waals surface area contributed by atoms with Crippen molar-refractivity contribution in [2.75, 3.05) is 5.32 Å². The quantitative estimate of drug-likeness (QED) is 0.483. The Labute approximate surface area is 195 Å². The number of benzene rings is 1. The number of amides is 1. The molecule has 4 aromatic rings. The molecule has 34 heavy (non-hydrogen) atoms. The summed E-state index contributed by atoms with van der Waals surface area (Å²) < 4.78 is 18.7. The fraction of sp³-hybridized carbons (Fsp3) is 0.320. The third kappa shape index (κ3) is 3.67. The topological polar surface area (TPSA) is 90.5 Å². The number of nitrogens with one attached hydrogen (secondary N) is 1. The fourth-order valence-electron chi connectivity index (χ4n) is 4.54. The highest BCUT2D eigenvalue weighted by molar-refractivity contribution is 6.04. The molecule has 8 nitrogen and oxygen atoms in total. The van der Waals surface area contributed by atoms with Gasteiger partial charge in [-0.3, -0.25) is 4.79 Å². The molecule has 2 aliphatic rings. The van der Waals surface area contributed by atoms with E-state index in [1.807, 2.05) is 23.8 Å². The van der Waals surface area contributed by atoms with Gasteiger partial charge >= 0.3 is 0 Å². The molecule has 172 valence electrons. The van der Waals surface area contributed by atoms with Crippen molar-refractivity contribution in [3.05, 3.63) is 71.3 Å². The van der Waals surface area contributed by atoms with E-state index < -0.39 is 11.7 Å². The molecule has 4 heterocycles. The zero-order valence-electron chi connectivity index (χ0n) is 19.0. The van der Waals surface area contributed by atoms with Crippen molar-refractivity contribution in [3.63, 3.8) is 0 Å². The van der Waals surface area contributed by atoms with Crippen LogP contribution in [0.4, 0.5) is 10.2 Å². The molecule has 1 aliphatic heterocycles. The number of rotatable bonds is 5. The molecular formula is C25H24FN7O. The third-order valence-electron chi connectivity index (χ3n) is 6.48. The number of hydrogen-bond donors (Lipinski definition) is 1. The maximum absolute atomic E-state index is 14.8. The molecule has 1 aliphatic carbocycles. The van der Waals surface area contributed by atoms with Crippen LogP contribution in [0.2, 0.25) is 0 Å². The molecule has 6 rings (SSSR count). The number of anilines is 1. The van der Waals surface area contributed by atoms with E-state index in [0.29, 0.717) is 29.2 Å². The molecule has 1 aromatic carbocycles. The van der Waals surface area contributed by atoms with Crippen molar-refractivity contribution >= 4 is 11.7 Å². The first-order valence-corrected chi connectivity index (χ1v) is 11.5. The molecule has 0 radical (unpaired) electrons. The highest BCUT2D eigenvalue weighted by Gasteiger charge is 2.27. The average molecular weight is 458 g/mol. The van der Waals surface area contributed by atoms with Crippen molar-refractivity contribution in [1.82, 2.24) is 29.3 Å². The SMILES string of the molecule is Cc1cc(F)c(C(=O)Nc2cccc(-c3nnc4n3C[C@H](C)C4)n2)cc1-n1cnc(C2CC2)c1. The van der Waals surface area contributed by atoms with Gasteiger partial charge in [-0.1, -0.05) is 13.0 Å². The number of imidazole rings is 1. The third-order valence-corrected chi connectivity index (χ3v) is 6.48. The maximum atomic E-state index is 14.8. The van der Waals surface area contributed by atoms with Crippen LogP contribution in [-0.2, 0) is 13.0 Å². The summed E-state index contributed by atoms with van der Waals surface area (Å²) in [7, 11) is 0. The van der Waals surface area contributed by atoms with Crippen molar-refractivity contribution in [2.45, 2.75) is 45.6 Å². The number of pyridine rings is 1. The maximum Gasteiger partial charge on any atom is 0.259 e. The highest BCUT2D eigenvalue weighted by Crippen LogP contribution is 2.39. The minimum atomic E-state index is -0.582. The van der Waals surface area contributed by atoms with Crippen LogP contribution in [0.5, 0.6) is 0 Å². The normalized spacial score (nSPS) is 17.1. The van der Waals surface area contributed by atoms with Crippen molar-refractivity contribution in [3.8, 4) is 17.2 Å². The van der Waals surface area contributed by atoms with Gasteiger partial charge in [-0.2, -0.15) is 0 Å². The standard InChI is InChI=1S/C25H24FN7O/c1-14-8-23-30-31-24(33(23)11-14)19-4-3-5-22(28-19)29-25(34)17-10-21(15(2)9-18(17)26)32-12-20(27-13-32)16-6-7-16/h3-5,9-10,12-14,16H,6-8,11H2,1-2H3,(H,28,29,34)/t14-/m1/s1. The number of aromatic nitrogens is 6. The van der Waals surface area contributed by atoms with Gasteiger partial charge in [0.1, 0.15) is 23.2 Å². The molecule has 1 amide bonds. The summed E-state index contributed by atoms with van der Waals surface area (Å²) in [5.74, 6) is 1.81. The lowest BCUT2D eigenvalue weighted by Gasteiger charge is -2.12. The summed E-state index contributed by atoms with van der Waals surface area (Å²) in [4.78, 5) is 22.0. The second-order valence-corrected chi connectivity index (χ2v) is 9.32. The Hall–Kier alpha value is -3.88. The monoisotopic (exact) mass is 457 g/mol. The lowest BCUT2D eigenvalue weighted by Crippen LogP contribution is -2.16. The molecule has 0 spiro atoms. The number of fused-ring (bicyclic) bond motifs is 1. The molecule has 3 aromatic heterocycles. The highest BCUT2D eigenvalue weighted by atomic mass is 19.1. The van der Waals surface area contributed by atoms with Crippen molar-refractivity contribution in [1.29, 1.82) is 0 Å². The zero-order chi connectivity index (χ0) is 23.4. The van der Waals surface area contributed by atoms with Gasteiger partial charge in [0, 0.05) is 25.1 Å². The first-order valence-electron chi connectivity index (χ1n) is 11.5. The van der Waals surface area contributed by atoms with Gasteiger partial charge in [0.05, 0.1) is 23.3 Å².